The maximum absolute atomic E-state index is 13.0. The molecule has 1 N–H and O–H groups in total. The van der Waals surface area contributed by atoms with Crippen molar-refractivity contribution in [3.63, 3.8) is 0 Å². The van der Waals surface area contributed by atoms with E-state index in [4.69, 9.17) is 5.10 Å². The number of anilines is 1. The van der Waals surface area contributed by atoms with Gasteiger partial charge in [0, 0.05) is 24.4 Å². The van der Waals surface area contributed by atoms with Crippen LogP contribution in [-0.2, 0) is 15.0 Å². The highest BCUT2D eigenvalue weighted by Crippen LogP contribution is 2.26. The van der Waals surface area contributed by atoms with Crippen LogP contribution < -0.4 is 5.32 Å². The lowest BCUT2D eigenvalue weighted by Crippen LogP contribution is -2.38. The molecular weight excluding hydrogens is 448 g/mol. The molecule has 6 nitrogen and oxygen atoms in total. The van der Waals surface area contributed by atoms with Gasteiger partial charge < -0.3 is 10.2 Å². The summed E-state index contributed by atoms with van der Waals surface area (Å²) >= 11 is 0. The van der Waals surface area contributed by atoms with Gasteiger partial charge in [-0.15, -0.1) is 0 Å². The molecule has 6 heteroatoms. The number of nitrogens with one attached hydrogen (secondary N) is 1. The average molecular weight is 497 g/mol. The Balaban J connectivity index is 1.91. The van der Waals surface area contributed by atoms with Gasteiger partial charge in [0.1, 0.15) is 5.82 Å². The van der Waals surface area contributed by atoms with Crippen molar-refractivity contribution < 1.29 is 9.59 Å². The number of hydrogen-bond donors (Lipinski definition) is 1. The second-order valence-electron chi connectivity index (χ2n) is 10.9. The number of carbonyl (C=O) groups is 2. The van der Waals surface area contributed by atoms with Crippen LogP contribution in [-0.4, -0.2) is 39.6 Å². The normalized spacial score (nSPS) is 11.5. The average Bonchev–Trinajstić information content (AvgIpc) is 3.26. The zero-order chi connectivity index (χ0) is 26.6. The van der Waals surface area contributed by atoms with Gasteiger partial charge in [-0.25, -0.2) is 4.68 Å². The quantitative estimate of drug-likeness (QED) is 0.265. The first-order valence-corrected chi connectivity index (χ1v) is 13.9. The van der Waals surface area contributed by atoms with Crippen LogP contribution in [0, 0.1) is 6.92 Å². The van der Waals surface area contributed by atoms with Crippen LogP contribution in [0.2, 0.25) is 0 Å². The molecule has 1 aromatic heterocycles. The number of nitrogens with zero attached hydrogens (tertiary/aromatic N) is 3. The van der Waals surface area contributed by atoms with Crippen LogP contribution in [0.5, 0.6) is 0 Å². The van der Waals surface area contributed by atoms with Gasteiger partial charge in [0.05, 0.1) is 17.9 Å². The minimum absolute atomic E-state index is 0.0523. The predicted molar refractivity (Wildman–Crippen MR) is 150 cm³/mol. The van der Waals surface area contributed by atoms with E-state index in [1.807, 2.05) is 44.2 Å². The second kappa shape index (κ2) is 14.8. The summed E-state index contributed by atoms with van der Waals surface area (Å²) in [5, 5.41) is 7.78. The van der Waals surface area contributed by atoms with Crippen LogP contribution in [0.25, 0.3) is 5.69 Å². The fourth-order valence-corrected chi connectivity index (χ4v) is 4.20. The van der Waals surface area contributed by atoms with E-state index in [0.29, 0.717) is 18.8 Å². The molecule has 0 aliphatic carbocycles. The van der Waals surface area contributed by atoms with Crippen LogP contribution >= 0.6 is 0 Å². The van der Waals surface area contributed by atoms with Gasteiger partial charge in [-0.05, 0) is 32.4 Å². The van der Waals surface area contributed by atoms with E-state index in [9.17, 15) is 9.59 Å². The van der Waals surface area contributed by atoms with Gasteiger partial charge in [0.25, 0.3) is 0 Å². The smallest absolute Gasteiger partial charge is 0.245 e. The summed E-state index contributed by atoms with van der Waals surface area (Å²) in [6.07, 6.45) is 11.5. The van der Waals surface area contributed by atoms with E-state index >= 15 is 0 Å². The van der Waals surface area contributed by atoms with Crippen LogP contribution in [0.4, 0.5) is 5.82 Å². The number of unbranched alkanes of at least 4 members (excludes halogenated alkanes) is 8. The van der Waals surface area contributed by atoms with Crippen LogP contribution in [0.15, 0.2) is 30.3 Å². The highest BCUT2D eigenvalue weighted by atomic mass is 16.2. The number of aryl methyl sites for hydroxylation is 1. The van der Waals surface area contributed by atoms with E-state index in [-0.39, 0.29) is 23.8 Å². The van der Waals surface area contributed by atoms with Crippen molar-refractivity contribution in [1.29, 1.82) is 0 Å². The molecule has 0 radical (unpaired) electrons. The number of hydrogen-bond acceptors (Lipinski definition) is 3. The highest BCUT2D eigenvalue weighted by Gasteiger charge is 2.22. The van der Waals surface area contributed by atoms with E-state index in [1.54, 1.807) is 9.58 Å². The Kier molecular flexibility index (Phi) is 12.2. The lowest BCUT2D eigenvalue weighted by Gasteiger charge is -2.20. The zero-order valence-electron chi connectivity index (χ0n) is 23.5. The Morgan fingerprint density at radius 1 is 0.917 bits per heavy atom. The molecule has 1 aromatic carbocycles. The number of aromatic nitrogens is 2. The number of likely N-dealkylation sites (N-methyl/N-ethyl adjacent to an activating group) is 1. The Morgan fingerprint density at radius 2 is 1.50 bits per heavy atom. The van der Waals surface area contributed by atoms with E-state index < -0.39 is 0 Å². The van der Waals surface area contributed by atoms with Crippen molar-refractivity contribution in [2.45, 2.75) is 111 Å². The molecule has 1 heterocycles. The molecule has 2 amide bonds. The summed E-state index contributed by atoms with van der Waals surface area (Å²) in [5.41, 5.74) is 2.79. The summed E-state index contributed by atoms with van der Waals surface area (Å²) in [5.74, 6) is 0.472. The number of rotatable bonds is 15. The SMILES string of the molecule is CCCCCCCCCCCC(=O)N(CC)CC(=O)Nc1cc(C(C)(C)C)nn1-c1ccc(C)cc1. The third-order valence-corrected chi connectivity index (χ3v) is 6.59. The molecule has 0 atom stereocenters. The molecule has 0 aliphatic heterocycles. The summed E-state index contributed by atoms with van der Waals surface area (Å²) < 4.78 is 1.78. The van der Waals surface area contributed by atoms with Crippen molar-refractivity contribution in [3.8, 4) is 5.69 Å². The van der Waals surface area contributed by atoms with E-state index in [0.717, 1.165) is 29.8 Å². The monoisotopic (exact) mass is 496 g/mol. The highest BCUT2D eigenvalue weighted by molar-refractivity contribution is 5.94. The zero-order valence-corrected chi connectivity index (χ0v) is 23.5. The molecule has 36 heavy (non-hydrogen) atoms. The fraction of sp³-hybridized carbons (Fsp3) is 0.633. The minimum Gasteiger partial charge on any atom is -0.334 e. The summed E-state index contributed by atoms with van der Waals surface area (Å²) in [7, 11) is 0. The first kappa shape index (κ1) is 29.6. The fourth-order valence-electron chi connectivity index (χ4n) is 4.20. The number of benzene rings is 1. The van der Waals surface area contributed by atoms with Gasteiger partial charge in [-0.2, -0.15) is 5.10 Å². The van der Waals surface area contributed by atoms with Gasteiger partial charge in [-0.1, -0.05) is 96.8 Å². The molecule has 200 valence electrons. The molecule has 0 saturated carbocycles. The number of amides is 2. The molecule has 0 fully saturated rings. The first-order chi connectivity index (χ1) is 17.2. The Labute approximate surface area is 218 Å². The summed E-state index contributed by atoms with van der Waals surface area (Å²) in [6.45, 7) is 13.1. The van der Waals surface area contributed by atoms with Crippen LogP contribution in [0.1, 0.15) is 110 Å². The Bertz CT molecular complexity index is 941. The molecular formula is C30H48N4O2. The van der Waals surface area contributed by atoms with Crippen molar-refractivity contribution >= 4 is 17.6 Å². The molecule has 2 rings (SSSR count). The molecule has 0 aliphatic rings. The molecule has 0 bridgehead atoms. The third kappa shape index (κ3) is 9.79. The second-order valence-corrected chi connectivity index (χ2v) is 10.9. The van der Waals surface area contributed by atoms with Crippen molar-refractivity contribution in [2.75, 3.05) is 18.4 Å². The molecule has 2 aromatic rings. The Hall–Kier alpha value is -2.63. The Morgan fingerprint density at radius 3 is 2.06 bits per heavy atom. The lowest BCUT2D eigenvalue weighted by atomic mass is 9.92. The summed E-state index contributed by atoms with van der Waals surface area (Å²) in [4.78, 5) is 27.4. The van der Waals surface area contributed by atoms with Gasteiger partial charge in [0.15, 0.2) is 0 Å². The molecule has 0 unspecified atom stereocenters. The van der Waals surface area contributed by atoms with Crippen LogP contribution in [0.3, 0.4) is 0 Å². The third-order valence-electron chi connectivity index (χ3n) is 6.59. The van der Waals surface area contributed by atoms with Gasteiger partial charge >= 0.3 is 0 Å². The largest absolute Gasteiger partial charge is 0.334 e. The van der Waals surface area contributed by atoms with Crippen molar-refractivity contribution in [3.05, 3.63) is 41.6 Å². The predicted octanol–water partition coefficient (Wildman–Crippen LogP) is 7.19. The van der Waals surface area contributed by atoms with E-state index in [1.165, 1.54) is 44.9 Å². The topological polar surface area (TPSA) is 67.2 Å². The first-order valence-electron chi connectivity index (χ1n) is 13.9. The standard InChI is InChI=1S/C30H48N4O2/c1-7-9-10-11-12-13-14-15-16-17-29(36)33(8-2)23-28(35)31-27-22-26(30(4,5)6)32-34(27)25-20-18-24(3)19-21-25/h18-22H,7-17,23H2,1-6H3,(H,31,35). The molecule has 0 saturated heterocycles. The minimum atomic E-state index is -0.203. The summed E-state index contributed by atoms with van der Waals surface area (Å²) in [6, 6.07) is 9.99. The van der Waals surface area contributed by atoms with Crippen molar-refractivity contribution in [1.82, 2.24) is 14.7 Å². The van der Waals surface area contributed by atoms with Gasteiger partial charge in [0.2, 0.25) is 11.8 Å². The van der Waals surface area contributed by atoms with Crippen molar-refractivity contribution in [2.24, 2.45) is 0 Å². The lowest BCUT2D eigenvalue weighted by molar-refractivity contribution is -0.134. The maximum Gasteiger partial charge on any atom is 0.245 e. The van der Waals surface area contributed by atoms with E-state index in [2.05, 4.69) is 33.0 Å². The maximum atomic E-state index is 13.0. The molecule has 0 spiro atoms. The number of carbonyl (C=O) groups excluding carboxylic acids is 2. The van der Waals surface area contributed by atoms with Gasteiger partial charge in [-0.3, -0.25) is 9.59 Å².